The molecule has 0 fully saturated rings. The molecule has 0 radical (unpaired) electrons. The third kappa shape index (κ3) is 3.89. The van der Waals surface area contributed by atoms with Crippen LogP contribution in [0, 0.1) is 11.6 Å². The average molecular weight is 371 g/mol. The number of benzene rings is 2. The summed E-state index contributed by atoms with van der Waals surface area (Å²) in [5.41, 5.74) is 2.27. The first-order chi connectivity index (χ1) is 12.9. The average Bonchev–Trinajstić information content (AvgIpc) is 2.66. The zero-order valence-corrected chi connectivity index (χ0v) is 15.0. The summed E-state index contributed by atoms with van der Waals surface area (Å²) in [5, 5.41) is 0. The van der Waals surface area contributed by atoms with E-state index in [2.05, 4.69) is 0 Å². The Balaban J connectivity index is 2.00. The van der Waals surface area contributed by atoms with Crippen molar-refractivity contribution in [2.24, 2.45) is 0 Å². The van der Waals surface area contributed by atoms with E-state index in [1.165, 1.54) is 36.3 Å². The first kappa shape index (κ1) is 18.8. The highest BCUT2D eigenvalue weighted by Gasteiger charge is 2.36. The SMILES string of the molecule is COC(=O)C1=C(C)N(Cc2ccc(F)cc2)C(=O)C[C@@H]1c1ccc(F)cc1. The van der Waals surface area contributed by atoms with E-state index in [-0.39, 0.29) is 30.5 Å². The number of ether oxygens (including phenoxy) is 1. The minimum absolute atomic E-state index is 0.0641. The summed E-state index contributed by atoms with van der Waals surface area (Å²) in [5.74, 6) is -1.95. The molecule has 0 N–H and O–H groups in total. The van der Waals surface area contributed by atoms with E-state index in [0.717, 1.165) is 5.56 Å². The zero-order chi connectivity index (χ0) is 19.6. The molecule has 0 aliphatic carbocycles. The Morgan fingerprint density at radius 3 is 2.19 bits per heavy atom. The van der Waals surface area contributed by atoms with E-state index < -0.39 is 11.9 Å². The maximum absolute atomic E-state index is 13.3. The fourth-order valence-corrected chi connectivity index (χ4v) is 3.33. The Kier molecular flexibility index (Phi) is 5.35. The van der Waals surface area contributed by atoms with Crippen LogP contribution in [0.5, 0.6) is 0 Å². The van der Waals surface area contributed by atoms with Gasteiger partial charge in [-0.25, -0.2) is 13.6 Å². The van der Waals surface area contributed by atoms with Crippen molar-refractivity contribution in [3.8, 4) is 0 Å². The highest BCUT2D eigenvalue weighted by atomic mass is 19.1. The summed E-state index contributed by atoms with van der Waals surface area (Å²) in [6, 6.07) is 11.6. The van der Waals surface area contributed by atoms with Gasteiger partial charge < -0.3 is 9.64 Å². The van der Waals surface area contributed by atoms with Crippen molar-refractivity contribution in [3.05, 3.63) is 82.6 Å². The van der Waals surface area contributed by atoms with Gasteiger partial charge in [-0.3, -0.25) is 4.79 Å². The first-order valence-electron chi connectivity index (χ1n) is 8.50. The number of carbonyl (C=O) groups excluding carboxylic acids is 2. The molecule has 2 aromatic carbocycles. The molecule has 1 aliphatic rings. The molecule has 3 rings (SSSR count). The standard InChI is InChI=1S/C21H19F2NO3/c1-13-20(21(26)27-2)18(15-5-9-17(23)10-6-15)11-19(25)24(13)12-14-3-7-16(22)8-4-14/h3-10,18H,11-12H2,1-2H3/t18-/m1/s1. The second kappa shape index (κ2) is 7.70. The number of methoxy groups -OCH3 is 1. The fourth-order valence-electron chi connectivity index (χ4n) is 3.33. The molecule has 0 spiro atoms. The van der Waals surface area contributed by atoms with Crippen molar-refractivity contribution in [1.29, 1.82) is 0 Å². The topological polar surface area (TPSA) is 46.6 Å². The van der Waals surface area contributed by atoms with Crippen LogP contribution in [0.3, 0.4) is 0 Å². The van der Waals surface area contributed by atoms with Gasteiger partial charge in [0.2, 0.25) is 5.91 Å². The van der Waals surface area contributed by atoms with Crippen LogP contribution in [0.25, 0.3) is 0 Å². The third-order valence-corrected chi connectivity index (χ3v) is 4.75. The lowest BCUT2D eigenvalue weighted by Gasteiger charge is -2.34. The van der Waals surface area contributed by atoms with Crippen LogP contribution < -0.4 is 0 Å². The minimum Gasteiger partial charge on any atom is -0.466 e. The van der Waals surface area contributed by atoms with E-state index in [1.54, 1.807) is 31.2 Å². The molecule has 0 saturated carbocycles. The van der Waals surface area contributed by atoms with Gasteiger partial charge in [0.1, 0.15) is 11.6 Å². The van der Waals surface area contributed by atoms with Crippen LogP contribution in [0.1, 0.15) is 30.4 Å². The number of esters is 1. The van der Waals surface area contributed by atoms with Crippen molar-refractivity contribution in [2.75, 3.05) is 7.11 Å². The molecule has 0 aromatic heterocycles. The van der Waals surface area contributed by atoms with Crippen molar-refractivity contribution in [3.63, 3.8) is 0 Å². The van der Waals surface area contributed by atoms with Gasteiger partial charge in [0, 0.05) is 18.0 Å². The van der Waals surface area contributed by atoms with Crippen LogP contribution in [0.2, 0.25) is 0 Å². The Morgan fingerprint density at radius 2 is 1.63 bits per heavy atom. The molecule has 0 bridgehead atoms. The number of amides is 1. The maximum atomic E-state index is 13.3. The Bertz CT molecular complexity index is 889. The molecular formula is C21H19F2NO3. The van der Waals surface area contributed by atoms with Gasteiger partial charge in [0.05, 0.1) is 19.2 Å². The summed E-state index contributed by atoms with van der Waals surface area (Å²) in [6.45, 7) is 1.91. The third-order valence-electron chi connectivity index (χ3n) is 4.75. The van der Waals surface area contributed by atoms with Crippen molar-refractivity contribution >= 4 is 11.9 Å². The zero-order valence-electron chi connectivity index (χ0n) is 15.0. The molecule has 6 heteroatoms. The van der Waals surface area contributed by atoms with Crippen LogP contribution in [0.4, 0.5) is 8.78 Å². The number of carbonyl (C=O) groups is 2. The predicted molar refractivity (Wildman–Crippen MR) is 95.4 cm³/mol. The molecule has 0 unspecified atom stereocenters. The van der Waals surface area contributed by atoms with E-state index >= 15 is 0 Å². The normalized spacial score (nSPS) is 17.3. The number of hydrogen-bond donors (Lipinski definition) is 0. The van der Waals surface area contributed by atoms with Crippen molar-refractivity contribution in [2.45, 2.75) is 25.8 Å². The fraction of sp³-hybridized carbons (Fsp3) is 0.238. The summed E-state index contributed by atoms with van der Waals surface area (Å²) in [6.07, 6.45) is 0.0641. The molecule has 1 heterocycles. The lowest BCUT2D eigenvalue weighted by Crippen LogP contribution is -2.37. The summed E-state index contributed by atoms with van der Waals surface area (Å²) >= 11 is 0. The molecule has 1 aliphatic heterocycles. The summed E-state index contributed by atoms with van der Waals surface area (Å²) < 4.78 is 31.3. The van der Waals surface area contributed by atoms with Crippen molar-refractivity contribution < 1.29 is 23.1 Å². The van der Waals surface area contributed by atoms with Gasteiger partial charge in [0.15, 0.2) is 0 Å². The van der Waals surface area contributed by atoms with Gasteiger partial charge in [-0.15, -0.1) is 0 Å². The summed E-state index contributed by atoms with van der Waals surface area (Å²) in [7, 11) is 1.28. The second-order valence-electron chi connectivity index (χ2n) is 6.41. The smallest absolute Gasteiger partial charge is 0.336 e. The first-order valence-corrected chi connectivity index (χ1v) is 8.50. The largest absolute Gasteiger partial charge is 0.466 e. The number of rotatable bonds is 4. The highest BCUT2D eigenvalue weighted by Crippen LogP contribution is 2.37. The molecule has 1 amide bonds. The van der Waals surface area contributed by atoms with Crippen LogP contribution in [-0.4, -0.2) is 23.9 Å². The Labute approximate surface area is 156 Å². The van der Waals surface area contributed by atoms with E-state index in [4.69, 9.17) is 4.74 Å². The predicted octanol–water partition coefficient (Wildman–Crippen LogP) is 3.93. The van der Waals surface area contributed by atoms with Gasteiger partial charge in [-0.1, -0.05) is 24.3 Å². The Hall–Kier alpha value is -3.02. The van der Waals surface area contributed by atoms with E-state index in [0.29, 0.717) is 16.8 Å². The Morgan fingerprint density at radius 1 is 1.07 bits per heavy atom. The molecular weight excluding hydrogens is 352 g/mol. The molecule has 4 nitrogen and oxygen atoms in total. The minimum atomic E-state index is -0.529. The number of nitrogens with zero attached hydrogens (tertiary/aromatic N) is 1. The molecule has 0 saturated heterocycles. The maximum Gasteiger partial charge on any atom is 0.336 e. The monoisotopic (exact) mass is 371 g/mol. The van der Waals surface area contributed by atoms with E-state index in [9.17, 15) is 18.4 Å². The molecule has 140 valence electrons. The van der Waals surface area contributed by atoms with Gasteiger partial charge >= 0.3 is 5.97 Å². The van der Waals surface area contributed by atoms with Gasteiger partial charge in [-0.05, 0) is 42.3 Å². The van der Waals surface area contributed by atoms with Gasteiger partial charge in [-0.2, -0.15) is 0 Å². The quantitative estimate of drug-likeness (QED) is 0.765. The second-order valence-corrected chi connectivity index (χ2v) is 6.41. The number of halogens is 2. The van der Waals surface area contributed by atoms with Crippen molar-refractivity contribution in [1.82, 2.24) is 4.90 Å². The number of allylic oxidation sites excluding steroid dienone is 1. The molecule has 2 aromatic rings. The number of hydrogen-bond acceptors (Lipinski definition) is 3. The van der Waals surface area contributed by atoms with Crippen LogP contribution in [-0.2, 0) is 20.9 Å². The van der Waals surface area contributed by atoms with Crippen LogP contribution >= 0.6 is 0 Å². The van der Waals surface area contributed by atoms with E-state index in [1.807, 2.05) is 0 Å². The summed E-state index contributed by atoms with van der Waals surface area (Å²) in [4.78, 5) is 26.7. The molecule has 27 heavy (non-hydrogen) atoms. The lowest BCUT2D eigenvalue weighted by molar-refractivity contribution is -0.138. The van der Waals surface area contributed by atoms with Gasteiger partial charge in [0.25, 0.3) is 0 Å². The highest BCUT2D eigenvalue weighted by molar-refractivity contribution is 5.95. The molecule has 1 atom stereocenters. The van der Waals surface area contributed by atoms with Crippen LogP contribution in [0.15, 0.2) is 59.8 Å². The lowest BCUT2D eigenvalue weighted by atomic mass is 9.83.